The van der Waals surface area contributed by atoms with Gasteiger partial charge in [-0.2, -0.15) is 9.97 Å². The number of aliphatic hydroxyl groups excluding tert-OH is 2. The van der Waals surface area contributed by atoms with Crippen LogP contribution < -0.4 is 32.8 Å². The number of nitrogens with two attached hydrogens (primary N) is 2. The van der Waals surface area contributed by atoms with E-state index in [1.165, 1.54) is 21.8 Å². The fraction of sp³-hybridized carbons (Fsp3) is 0.500. The van der Waals surface area contributed by atoms with Crippen LogP contribution in [0.3, 0.4) is 0 Å². The zero-order valence-corrected chi connectivity index (χ0v) is 26.5. The quantitative estimate of drug-likeness (QED) is 0.0736. The fourth-order valence-corrected chi connectivity index (χ4v) is 8.99. The molecule has 46 heavy (non-hydrogen) atoms. The summed E-state index contributed by atoms with van der Waals surface area (Å²) in [5, 5.41) is 28.0. The van der Waals surface area contributed by atoms with Gasteiger partial charge in [-0.15, -0.1) is 0 Å². The molecule has 0 aliphatic carbocycles. The summed E-state index contributed by atoms with van der Waals surface area (Å²) < 4.78 is 39.4. The van der Waals surface area contributed by atoms with Gasteiger partial charge in [-0.05, 0) is 11.8 Å². The van der Waals surface area contributed by atoms with E-state index in [2.05, 4.69) is 52.3 Å². The Balaban J connectivity index is 1.18. The highest BCUT2D eigenvalue weighted by molar-refractivity contribution is 8.45. The number of hydrogen-bond acceptors (Lipinski definition) is 16. The maximum absolute atomic E-state index is 13.6. The Morgan fingerprint density at radius 2 is 1.33 bits per heavy atom. The first kappa shape index (κ1) is 31.8. The molecule has 0 spiro atoms. The second-order valence-electron chi connectivity index (χ2n) is 10.6. The van der Waals surface area contributed by atoms with E-state index in [1.54, 1.807) is 0 Å². The number of aromatic amines is 2. The number of aromatic nitrogens is 8. The molecule has 22 nitrogen and oxygen atoms in total. The first-order chi connectivity index (χ1) is 21.7. The van der Waals surface area contributed by atoms with Crippen LogP contribution in [0, 0.1) is 0 Å². The minimum Gasteiger partial charge on any atom is -0.387 e. The Labute approximate surface area is 265 Å². The van der Waals surface area contributed by atoms with Crippen LogP contribution in [0.1, 0.15) is 12.5 Å². The molecule has 3 aliphatic rings. The van der Waals surface area contributed by atoms with Crippen molar-refractivity contribution in [2.45, 2.75) is 49.0 Å². The standard InChI is InChI=1S/C20H26N12O10P2S2/c21-19-25-13-9(15(35)27-19)23-3-31(13)17-11(33)7-5(41-17)1-39-43(37,45)30-8-6(2-40-44(38,46)29-7)42-18(12(8)34)32-4-24-10-14(32)26-20(22)28-16(10)36/h3-8,11-12,17-18,33-34H,1-2H2,(H2,29,38,46)(H2,30,37,45)(H3,21,25,27,35)(H3,22,26,28,36)/t5-,6-,7?,8?,11+,12+,17-,18-,43?,44?/m1/s1. The molecule has 3 aliphatic heterocycles. The largest absolute Gasteiger partial charge is 0.387 e. The van der Waals surface area contributed by atoms with Crippen LogP contribution in [0.5, 0.6) is 0 Å². The van der Waals surface area contributed by atoms with Gasteiger partial charge in [-0.3, -0.25) is 33.3 Å². The van der Waals surface area contributed by atoms with Crippen LogP contribution in [0.2, 0.25) is 0 Å². The molecule has 10 atom stereocenters. The summed E-state index contributed by atoms with van der Waals surface area (Å²) in [6.45, 7) is -8.96. The molecule has 4 aromatic heterocycles. The number of fused-ring (bicyclic) bond motifs is 4. The number of rotatable bonds is 2. The van der Waals surface area contributed by atoms with E-state index in [-0.39, 0.29) is 34.2 Å². The van der Waals surface area contributed by atoms with Crippen LogP contribution >= 0.6 is 25.6 Å². The van der Waals surface area contributed by atoms with E-state index in [9.17, 15) is 29.3 Å². The smallest absolute Gasteiger partial charge is 0.324 e. The van der Waals surface area contributed by atoms with Crippen molar-refractivity contribution in [3.8, 4) is 0 Å². The van der Waals surface area contributed by atoms with Gasteiger partial charge in [0.2, 0.25) is 11.9 Å². The lowest BCUT2D eigenvalue weighted by molar-refractivity contribution is -0.0467. The van der Waals surface area contributed by atoms with E-state index in [0.717, 1.165) is 0 Å². The first-order valence-corrected chi connectivity index (χ1v) is 18.8. The van der Waals surface area contributed by atoms with Crippen molar-refractivity contribution in [2.75, 3.05) is 24.7 Å². The molecule has 7 heterocycles. The average Bonchev–Trinajstić information content (AvgIpc) is 3.72. The SMILES string of the molecule is Nc1nc2c(ncn2[C@@H]2O[C@@H]3COP(O)(=S)NC4[C@@H](COP(=O)(S)NC3[C@@H]2O)O[C@@H](n2cnc3c(=O)[nH]c(N)nc32)[C@H]4O)c(=O)[nH]1. The molecule has 26 heteroatoms. The van der Waals surface area contributed by atoms with Gasteiger partial charge < -0.3 is 45.1 Å². The van der Waals surface area contributed by atoms with Gasteiger partial charge >= 0.3 is 6.72 Å². The number of H-pyrrole nitrogens is 2. The molecule has 3 fully saturated rings. The van der Waals surface area contributed by atoms with Crippen LogP contribution in [0.4, 0.5) is 11.9 Å². The maximum Gasteiger partial charge on any atom is 0.324 e. The van der Waals surface area contributed by atoms with Crippen LogP contribution in [-0.2, 0) is 34.9 Å². The van der Waals surface area contributed by atoms with Crippen molar-refractivity contribution in [1.29, 1.82) is 0 Å². The molecular formula is C20H26N12O10P2S2. The number of nitrogens with zero attached hydrogens (tertiary/aromatic N) is 6. The summed E-state index contributed by atoms with van der Waals surface area (Å²) in [5.74, 6) is -0.402. The van der Waals surface area contributed by atoms with Crippen molar-refractivity contribution in [3.63, 3.8) is 0 Å². The molecule has 7 rings (SSSR count). The van der Waals surface area contributed by atoms with E-state index in [0.29, 0.717) is 0 Å². The number of ether oxygens (including phenoxy) is 2. The number of anilines is 2. The molecule has 11 N–H and O–H groups in total. The minimum atomic E-state index is -4.08. The van der Waals surface area contributed by atoms with Gasteiger partial charge in [0.15, 0.2) is 34.8 Å². The average molecular weight is 721 g/mol. The monoisotopic (exact) mass is 720 g/mol. The van der Waals surface area contributed by atoms with Gasteiger partial charge in [0.25, 0.3) is 17.8 Å². The third kappa shape index (κ3) is 5.57. The van der Waals surface area contributed by atoms with Gasteiger partial charge in [-0.25, -0.2) is 20.1 Å². The normalized spacial score (nSPS) is 37.1. The third-order valence-electron chi connectivity index (χ3n) is 7.65. The number of hydrogen-bond donors (Lipinski definition) is 10. The number of nitrogens with one attached hydrogen (secondary N) is 4. The molecule has 4 unspecified atom stereocenters. The summed E-state index contributed by atoms with van der Waals surface area (Å²) >= 11 is 9.51. The Kier molecular flexibility index (Phi) is 7.87. The Morgan fingerprint density at radius 3 is 1.83 bits per heavy atom. The predicted molar refractivity (Wildman–Crippen MR) is 164 cm³/mol. The van der Waals surface area contributed by atoms with Gasteiger partial charge in [0, 0.05) is 0 Å². The predicted octanol–water partition coefficient (Wildman–Crippen LogP) is -2.85. The number of aliphatic hydroxyl groups is 2. The molecule has 0 radical (unpaired) electrons. The number of thiol groups is 1. The van der Waals surface area contributed by atoms with Crippen molar-refractivity contribution in [2.24, 2.45) is 0 Å². The van der Waals surface area contributed by atoms with Gasteiger partial charge in [-0.1, -0.05) is 12.2 Å². The van der Waals surface area contributed by atoms with Crippen molar-refractivity contribution in [3.05, 3.63) is 33.4 Å². The molecule has 0 aromatic carbocycles. The van der Waals surface area contributed by atoms with Crippen LogP contribution in [0.15, 0.2) is 22.2 Å². The molecule has 3 saturated heterocycles. The number of nitrogen functional groups attached to an aromatic ring is 2. The highest BCUT2D eigenvalue weighted by Crippen LogP contribution is 2.52. The van der Waals surface area contributed by atoms with Crippen molar-refractivity contribution in [1.82, 2.24) is 49.2 Å². The highest BCUT2D eigenvalue weighted by atomic mass is 32.7. The second kappa shape index (κ2) is 11.4. The lowest BCUT2D eigenvalue weighted by Crippen LogP contribution is -2.47. The number of imidazole rings is 2. The second-order valence-corrected chi connectivity index (χ2v) is 16.8. The van der Waals surface area contributed by atoms with E-state index >= 15 is 0 Å². The summed E-state index contributed by atoms with van der Waals surface area (Å²) in [6.07, 6.45) is -5.28. The fourth-order valence-electron chi connectivity index (χ4n) is 5.61. The lowest BCUT2D eigenvalue weighted by atomic mass is 10.1. The molecular weight excluding hydrogens is 694 g/mol. The molecule has 4 aromatic rings. The third-order valence-corrected chi connectivity index (χ3v) is 11.2. The summed E-state index contributed by atoms with van der Waals surface area (Å²) in [7, 11) is 0. The molecule has 0 saturated carbocycles. The van der Waals surface area contributed by atoms with E-state index < -0.39 is 86.7 Å². The Morgan fingerprint density at radius 1 is 0.870 bits per heavy atom. The first-order valence-electron chi connectivity index (χ1n) is 13.3. The zero-order chi connectivity index (χ0) is 32.7. The van der Waals surface area contributed by atoms with Gasteiger partial charge in [0.1, 0.15) is 24.4 Å². The molecule has 248 valence electrons. The van der Waals surface area contributed by atoms with Gasteiger partial charge in [0.05, 0.1) is 38.0 Å². The summed E-state index contributed by atoms with van der Waals surface area (Å²) in [6, 6.07) is -2.36. The molecule has 0 bridgehead atoms. The van der Waals surface area contributed by atoms with Crippen LogP contribution in [-0.4, -0.2) is 104 Å². The van der Waals surface area contributed by atoms with Crippen molar-refractivity contribution >= 4 is 71.6 Å². The minimum absolute atomic E-state index is 0.00413. The van der Waals surface area contributed by atoms with E-state index in [4.69, 9.17) is 41.8 Å². The molecule has 0 amide bonds. The lowest BCUT2D eigenvalue weighted by Gasteiger charge is -2.31. The van der Waals surface area contributed by atoms with Crippen molar-refractivity contribution < 1.29 is 38.2 Å². The summed E-state index contributed by atoms with van der Waals surface area (Å²) in [5.41, 5.74) is 10.0. The van der Waals surface area contributed by atoms with E-state index in [1.807, 2.05) is 0 Å². The zero-order valence-electron chi connectivity index (χ0n) is 23.0. The topological polar surface area (TPSA) is 318 Å². The highest BCUT2D eigenvalue weighted by Gasteiger charge is 2.51. The maximum atomic E-state index is 13.6. The van der Waals surface area contributed by atoms with Crippen LogP contribution in [0.25, 0.3) is 22.3 Å². The Hall–Kier alpha value is -2.83. The Bertz CT molecular complexity index is 1910. The summed E-state index contributed by atoms with van der Waals surface area (Å²) in [4.78, 5) is 56.5.